The van der Waals surface area contributed by atoms with Crippen molar-refractivity contribution in [1.82, 2.24) is 5.32 Å². The van der Waals surface area contributed by atoms with E-state index < -0.39 is 0 Å². The zero-order chi connectivity index (χ0) is 13.0. The topological polar surface area (TPSA) is 21.3 Å². The van der Waals surface area contributed by atoms with Crippen LogP contribution >= 0.6 is 0 Å². The van der Waals surface area contributed by atoms with Crippen LogP contribution in [0.3, 0.4) is 0 Å². The molecule has 0 saturated carbocycles. The van der Waals surface area contributed by atoms with Gasteiger partial charge in [-0.05, 0) is 37.9 Å². The van der Waals surface area contributed by atoms with Crippen molar-refractivity contribution in [3.8, 4) is 0 Å². The second kappa shape index (κ2) is 6.30. The average Bonchev–Trinajstić information content (AvgIpc) is 2.78. The Hall–Kier alpha value is -0.930. The first-order valence-electron chi connectivity index (χ1n) is 6.79. The van der Waals surface area contributed by atoms with E-state index in [-0.39, 0.29) is 5.82 Å². The van der Waals surface area contributed by atoms with E-state index in [1.807, 2.05) is 12.1 Å². The molecule has 18 heavy (non-hydrogen) atoms. The molecule has 0 aromatic heterocycles. The highest BCUT2D eigenvalue weighted by Crippen LogP contribution is 2.25. The number of likely N-dealkylation sites (N-methyl/N-ethyl adjacent to an activating group) is 1. The van der Waals surface area contributed by atoms with Crippen molar-refractivity contribution in [3.63, 3.8) is 0 Å². The minimum atomic E-state index is -0.104. The summed E-state index contributed by atoms with van der Waals surface area (Å²) < 4.78 is 19.3. The predicted molar refractivity (Wildman–Crippen MR) is 71.1 cm³/mol. The average molecular weight is 251 g/mol. The Balaban J connectivity index is 2.04. The van der Waals surface area contributed by atoms with Gasteiger partial charge in [-0.1, -0.05) is 25.1 Å². The van der Waals surface area contributed by atoms with Gasteiger partial charge < -0.3 is 10.1 Å². The van der Waals surface area contributed by atoms with Gasteiger partial charge in [0.05, 0.1) is 12.7 Å². The number of ether oxygens (including phenoxy) is 1. The number of nitrogens with one attached hydrogen (secondary N) is 1. The molecule has 1 aromatic rings. The largest absolute Gasteiger partial charge is 0.378 e. The smallest absolute Gasteiger partial charge is 0.126 e. The van der Waals surface area contributed by atoms with Crippen LogP contribution in [0.1, 0.15) is 25.8 Å². The van der Waals surface area contributed by atoms with Crippen LogP contribution in [0.25, 0.3) is 0 Å². The van der Waals surface area contributed by atoms with Gasteiger partial charge in [-0.2, -0.15) is 0 Å². The third-order valence-corrected chi connectivity index (χ3v) is 3.66. The van der Waals surface area contributed by atoms with Crippen LogP contribution in [0.2, 0.25) is 0 Å². The van der Waals surface area contributed by atoms with Crippen LogP contribution in [0.15, 0.2) is 24.3 Å². The van der Waals surface area contributed by atoms with Gasteiger partial charge in [0.1, 0.15) is 5.82 Å². The second-order valence-electron chi connectivity index (χ2n) is 5.10. The zero-order valence-electron chi connectivity index (χ0n) is 11.2. The molecular weight excluding hydrogens is 229 g/mol. The Morgan fingerprint density at radius 1 is 1.44 bits per heavy atom. The van der Waals surface area contributed by atoms with Crippen molar-refractivity contribution in [3.05, 3.63) is 35.6 Å². The molecule has 1 aliphatic heterocycles. The molecule has 100 valence electrons. The monoisotopic (exact) mass is 251 g/mol. The maximum Gasteiger partial charge on any atom is 0.126 e. The molecule has 1 saturated heterocycles. The van der Waals surface area contributed by atoms with E-state index >= 15 is 0 Å². The molecule has 0 amide bonds. The molecule has 0 bridgehead atoms. The van der Waals surface area contributed by atoms with Crippen molar-refractivity contribution in [2.45, 2.75) is 38.8 Å². The lowest BCUT2D eigenvalue weighted by atomic mass is 9.91. The van der Waals surface area contributed by atoms with Crippen molar-refractivity contribution in [1.29, 1.82) is 0 Å². The summed E-state index contributed by atoms with van der Waals surface area (Å²) in [6, 6.07) is 7.35. The summed E-state index contributed by atoms with van der Waals surface area (Å²) in [6.45, 7) is 5.89. The normalized spacial score (nSPS) is 25.3. The number of hydrogen-bond acceptors (Lipinski definition) is 2. The maximum absolute atomic E-state index is 13.7. The van der Waals surface area contributed by atoms with Gasteiger partial charge in [0.25, 0.3) is 0 Å². The highest BCUT2D eigenvalue weighted by molar-refractivity contribution is 5.18. The van der Waals surface area contributed by atoms with Crippen molar-refractivity contribution < 1.29 is 9.13 Å². The minimum Gasteiger partial charge on any atom is -0.378 e. The Morgan fingerprint density at radius 2 is 2.22 bits per heavy atom. The summed E-state index contributed by atoms with van der Waals surface area (Å²) in [4.78, 5) is 0. The summed E-state index contributed by atoms with van der Waals surface area (Å²) >= 11 is 0. The molecule has 3 unspecified atom stereocenters. The first-order chi connectivity index (χ1) is 8.70. The summed E-state index contributed by atoms with van der Waals surface area (Å²) in [6.07, 6.45) is 2.13. The van der Waals surface area contributed by atoms with Crippen molar-refractivity contribution in [2.24, 2.45) is 5.92 Å². The molecule has 1 heterocycles. The first kappa shape index (κ1) is 13.5. The van der Waals surface area contributed by atoms with Crippen LogP contribution in [-0.2, 0) is 11.2 Å². The fraction of sp³-hybridized carbons (Fsp3) is 0.600. The molecule has 1 fully saturated rings. The van der Waals surface area contributed by atoms with Gasteiger partial charge in [-0.25, -0.2) is 4.39 Å². The van der Waals surface area contributed by atoms with Gasteiger partial charge in [-0.3, -0.25) is 0 Å². The minimum absolute atomic E-state index is 0.104. The summed E-state index contributed by atoms with van der Waals surface area (Å²) in [5.41, 5.74) is 0.794. The number of benzene rings is 1. The van der Waals surface area contributed by atoms with Gasteiger partial charge in [0, 0.05) is 12.0 Å². The zero-order valence-corrected chi connectivity index (χ0v) is 11.2. The Kier molecular flexibility index (Phi) is 4.72. The van der Waals surface area contributed by atoms with E-state index in [1.165, 1.54) is 6.07 Å². The molecule has 0 radical (unpaired) electrons. The highest BCUT2D eigenvalue weighted by atomic mass is 19.1. The lowest BCUT2D eigenvalue weighted by Gasteiger charge is -2.23. The van der Waals surface area contributed by atoms with E-state index in [0.717, 1.165) is 31.6 Å². The van der Waals surface area contributed by atoms with Crippen LogP contribution in [0, 0.1) is 11.7 Å². The molecule has 0 spiro atoms. The van der Waals surface area contributed by atoms with E-state index in [4.69, 9.17) is 4.74 Å². The van der Waals surface area contributed by atoms with E-state index in [9.17, 15) is 4.39 Å². The predicted octanol–water partition coefficient (Wildman–Crippen LogP) is 2.77. The van der Waals surface area contributed by atoms with Crippen molar-refractivity contribution >= 4 is 0 Å². The Bertz CT molecular complexity index is 383. The van der Waals surface area contributed by atoms with Gasteiger partial charge in [-0.15, -0.1) is 0 Å². The fourth-order valence-corrected chi connectivity index (χ4v) is 2.70. The van der Waals surface area contributed by atoms with Crippen LogP contribution < -0.4 is 5.32 Å². The van der Waals surface area contributed by atoms with Crippen LogP contribution in [0.5, 0.6) is 0 Å². The number of hydrogen-bond donors (Lipinski definition) is 1. The number of rotatable bonds is 5. The lowest BCUT2D eigenvalue weighted by molar-refractivity contribution is 0.117. The summed E-state index contributed by atoms with van der Waals surface area (Å²) in [7, 11) is 0. The van der Waals surface area contributed by atoms with E-state index in [2.05, 4.69) is 19.2 Å². The lowest BCUT2D eigenvalue weighted by Crippen LogP contribution is -2.38. The molecule has 3 atom stereocenters. The second-order valence-corrected chi connectivity index (χ2v) is 5.10. The molecule has 1 aromatic carbocycles. The number of halogens is 1. The molecule has 2 rings (SSSR count). The quantitative estimate of drug-likeness (QED) is 0.869. The molecule has 1 aliphatic rings. The first-order valence-corrected chi connectivity index (χ1v) is 6.79. The summed E-state index contributed by atoms with van der Waals surface area (Å²) in [5, 5.41) is 3.47. The highest BCUT2D eigenvalue weighted by Gasteiger charge is 2.29. The standard InChI is InChI=1S/C15H22FNO/c1-3-17-15(13-8-11(2)18-10-13)9-12-6-4-5-7-14(12)16/h4-7,11,13,15,17H,3,8-10H2,1-2H3. The SMILES string of the molecule is CCNC(Cc1ccccc1F)C1COC(C)C1. The maximum atomic E-state index is 13.7. The van der Waals surface area contributed by atoms with Gasteiger partial charge >= 0.3 is 0 Å². The van der Waals surface area contributed by atoms with Crippen LogP contribution in [0.4, 0.5) is 4.39 Å². The molecule has 2 nitrogen and oxygen atoms in total. The Morgan fingerprint density at radius 3 is 2.83 bits per heavy atom. The van der Waals surface area contributed by atoms with Gasteiger partial charge in [0.15, 0.2) is 0 Å². The molecule has 1 N–H and O–H groups in total. The van der Waals surface area contributed by atoms with E-state index in [0.29, 0.717) is 18.1 Å². The third-order valence-electron chi connectivity index (χ3n) is 3.66. The van der Waals surface area contributed by atoms with Gasteiger partial charge in [0.2, 0.25) is 0 Å². The van der Waals surface area contributed by atoms with E-state index in [1.54, 1.807) is 6.07 Å². The molecular formula is C15H22FNO. The van der Waals surface area contributed by atoms with Crippen LogP contribution in [-0.4, -0.2) is 25.3 Å². The molecule has 3 heteroatoms. The molecule has 0 aliphatic carbocycles. The summed E-state index contributed by atoms with van der Waals surface area (Å²) in [5.74, 6) is 0.381. The van der Waals surface area contributed by atoms with Crippen molar-refractivity contribution in [2.75, 3.05) is 13.2 Å². The fourth-order valence-electron chi connectivity index (χ4n) is 2.70. The Labute approximate surface area is 109 Å². The third kappa shape index (κ3) is 3.30.